The number of halogens is 1. The fraction of sp³-hybridized carbons (Fsp3) is 1.00. The molecule has 2 rings (SSSR count). The molecule has 2 atom stereocenters. The van der Waals surface area contributed by atoms with Crippen molar-refractivity contribution in [2.75, 3.05) is 39.5 Å². The molecule has 3 nitrogen and oxygen atoms in total. The van der Waals surface area contributed by atoms with Crippen LogP contribution in [0.15, 0.2) is 0 Å². The minimum atomic E-state index is -0.293. The zero-order chi connectivity index (χ0) is 9.80. The zero-order valence-corrected chi connectivity index (χ0v) is 8.54. The van der Waals surface area contributed by atoms with Crippen LogP contribution in [0.3, 0.4) is 0 Å². The van der Waals surface area contributed by atoms with E-state index in [1.54, 1.807) is 0 Å². The number of hydrogen-bond acceptors (Lipinski definition) is 3. The van der Waals surface area contributed by atoms with E-state index in [-0.39, 0.29) is 12.8 Å². The van der Waals surface area contributed by atoms with Gasteiger partial charge in [-0.3, -0.25) is 4.90 Å². The van der Waals surface area contributed by atoms with Crippen LogP contribution in [0.5, 0.6) is 0 Å². The fourth-order valence-corrected chi connectivity index (χ4v) is 2.34. The van der Waals surface area contributed by atoms with E-state index in [0.717, 1.165) is 19.7 Å². The number of hydrogen-bond donors (Lipinski definition) is 1. The highest BCUT2D eigenvalue weighted by Gasteiger charge is 2.31. The van der Waals surface area contributed by atoms with Crippen molar-refractivity contribution in [3.63, 3.8) is 0 Å². The van der Waals surface area contributed by atoms with Gasteiger partial charge in [-0.2, -0.15) is 0 Å². The Hall–Kier alpha value is -0.190. The van der Waals surface area contributed by atoms with Crippen molar-refractivity contribution in [2.24, 2.45) is 0 Å². The van der Waals surface area contributed by atoms with Gasteiger partial charge in [0, 0.05) is 25.7 Å². The largest absolute Gasteiger partial charge is 0.374 e. The predicted octanol–water partition coefficient (Wildman–Crippen LogP) is 0.409. The van der Waals surface area contributed by atoms with Crippen LogP contribution in [-0.2, 0) is 4.74 Å². The lowest BCUT2D eigenvalue weighted by Gasteiger charge is -2.35. The standard InChI is InChI=1S/C10H19FN2O/c11-3-4-12-6-10-7-13-5-1-2-9(13)8-14-10/h9-10,12H,1-8H2. The Bertz CT molecular complexity index is 180. The lowest BCUT2D eigenvalue weighted by Crippen LogP contribution is -2.49. The maximum absolute atomic E-state index is 11.8. The number of alkyl halides is 1. The Morgan fingerprint density at radius 3 is 3.29 bits per heavy atom. The molecule has 2 aliphatic rings. The summed E-state index contributed by atoms with van der Waals surface area (Å²) in [6, 6.07) is 0.660. The fourth-order valence-electron chi connectivity index (χ4n) is 2.34. The molecule has 2 heterocycles. The van der Waals surface area contributed by atoms with E-state index in [1.807, 2.05) is 0 Å². The molecule has 0 spiro atoms. The van der Waals surface area contributed by atoms with Gasteiger partial charge in [0.15, 0.2) is 0 Å². The number of morpholine rings is 1. The highest BCUT2D eigenvalue weighted by Crippen LogP contribution is 2.22. The number of rotatable bonds is 4. The average Bonchev–Trinajstić information content (AvgIpc) is 2.65. The molecule has 0 amide bonds. The highest BCUT2D eigenvalue weighted by atomic mass is 19.1. The molecule has 0 aromatic carbocycles. The quantitative estimate of drug-likeness (QED) is 0.668. The van der Waals surface area contributed by atoms with E-state index in [1.165, 1.54) is 19.4 Å². The summed E-state index contributed by atoms with van der Waals surface area (Å²) in [6.45, 7) is 4.04. The molecule has 0 radical (unpaired) electrons. The summed E-state index contributed by atoms with van der Waals surface area (Å²) in [6.07, 6.45) is 2.85. The van der Waals surface area contributed by atoms with E-state index >= 15 is 0 Å². The van der Waals surface area contributed by atoms with Gasteiger partial charge in [0.1, 0.15) is 6.67 Å². The van der Waals surface area contributed by atoms with E-state index in [9.17, 15) is 4.39 Å². The van der Waals surface area contributed by atoms with Crippen LogP contribution in [0.1, 0.15) is 12.8 Å². The molecule has 2 unspecified atom stereocenters. The van der Waals surface area contributed by atoms with Crippen molar-refractivity contribution < 1.29 is 9.13 Å². The first-order chi connectivity index (χ1) is 6.90. The average molecular weight is 202 g/mol. The molecule has 4 heteroatoms. The Balaban J connectivity index is 1.69. The second kappa shape index (κ2) is 5.05. The molecule has 2 fully saturated rings. The van der Waals surface area contributed by atoms with Crippen molar-refractivity contribution in [3.8, 4) is 0 Å². The van der Waals surface area contributed by atoms with Gasteiger partial charge in [-0.1, -0.05) is 0 Å². The molecule has 2 aliphatic heterocycles. The van der Waals surface area contributed by atoms with E-state index in [0.29, 0.717) is 12.6 Å². The van der Waals surface area contributed by atoms with Crippen LogP contribution in [0.4, 0.5) is 4.39 Å². The smallest absolute Gasteiger partial charge is 0.102 e. The topological polar surface area (TPSA) is 24.5 Å². The predicted molar refractivity (Wildman–Crippen MR) is 53.2 cm³/mol. The lowest BCUT2D eigenvalue weighted by atomic mass is 10.2. The molecular formula is C10H19FN2O. The van der Waals surface area contributed by atoms with Gasteiger partial charge in [-0.15, -0.1) is 0 Å². The van der Waals surface area contributed by atoms with Crippen LogP contribution in [0, 0.1) is 0 Å². The van der Waals surface area contributed by atoms with Crippen LogP contribution >= 0.6 is 0 Å². The summed E-state index contributed by atoms with van der Waals surface area (Å²) in [4.78, 5) is 2.51. The van der Waals surface area contributed by atoms with Crippen molar-refractivity contribution >= 4 is 0 Å². The Kier molecular flexibility index (Phi) is 3.73. The summed E-state index contributed by atoms with van der Waals surface area (Å²) in [7, 11) is 0. The highest BCUT2D eigenvalue weighted by molar-refractivity contribution is 4.85. The third-order valence-electron chi connectivity index (χ3n) is 3.10. The molecule has 14 heavy (non-hydrogen) atoms. The van der Waals surface area contributed by atoms with Gasteiger partial charge in [0.25, 0.3) is 0 Å². The van der Waals surface area contributed by atoms with Crippen molar-refractivity contribution in [1.29, 1.82) is 0 Å². The van der Waals surface area contributed by atoms with Crippen molar-refractivity contribution in [2.45, 2.75) is 25.0 Å². The van der Waals surface area contributed by atoms with Gasteiger partial charge < -0.3 is 10.1 Å². The molecule has 2 saturated heterocycles. The molecule has 0 aromatic rings. The van der Waals surface area contributed by atoms with Gasteiger partial charge >= 0.3 is 0 Å². The minimum absolute atomic E-state index is 0.260. The SMILES string of the molecule is FCCNCC1CN2CCCC2CO1. The van der Waals surface area contributed by atoms with Crippen molar-refractivity contribution in [1.82, 2.24) is 10.2 Å². The third kappa shape index (κ3) is 2.43. The second-order valence-electron chi connectivity index (χ2n) is 4.14. The first kappa shape index (κ1) is 10.3. The van der Waals surface area contributed by atoms with Crippen LogP contribution in [0.2, 0.25) is 0 Å². The van der Waals surface area contributed by atoms with Gasteiger partial charge in [-0.25, -0.2) is 4.39 Å². The van der Waals surface area contributed by atoms with E-state index < -0.39 is 0 Å². The van der Waals surface area contributed by atoms with Crippen molar-refractivity contribution in [3.05, 3.63) is 0 Å². The number of nitrogens with zero attached hydrogens (tertiary/aromatic N) is 1. The maximum atomic E-state index is 11.8. The summed E-state index contributed by atoms with van der Waals surface area (Å²) >= 11 is 0. The van der Waals surface area contributed by atoms with E-state index in [4.69, 9.17) is 4.74 Å². The Labute approximate surface area is 84.6 Å². The monoisotopic (exact) mass is 202 g/mol. The normalized spacial score (nSPS) is 33.2. The summed E-state index contributed by atoms with van der Waals surface area (Å²) in [5, 5.41) is 3.06. The Morgan fingerprint density at radius 1 is 1.50 bits per heavy atom. The van der Waals surface area contributed by atoms with Crippen LogP contribution in [-0.4, -0.2) is 56.5 Å². The van der Waals surface area contributed by atoms with Crippen LogP contribution in [0.25, 0.3) is 0 Å². The zero-order valence-electron chi connectivity index (χ0n) is 8.54. The molecule has 0 bridgehead atoms. The molecule has 82 valence electrons. The molecule has 0 saturated carbocycles. The molecular weight excluding hydrogens is 183 g/mol. The molecule has 1 N–H and O–H groups in total. The second-order valence-corrected chi connectivity index (χ2v) is 4.14. The maximum Gasteiger partial charge on any atom is 0.102 e. The summed E-state index contributed by atoms with van der Waals surface area (Å²) < 4.78 is 17.6. The molecule has 0 aromatic heterocycles. The first-order valence-electron chi connectivity index (χ1n) is 5.52. The number of nitrogens with one attached hydrogen (secondary N) is 1. The van der Waals surface area contributed by atoms with E-state index in [2.05, 4.69) is 10.2 Å². The minimum Gasteiger partial charge on any atom is -0.374 e. The third-order valence-corrected chi connectivity index (χ3v) is 3.10. The van der Waals surface area contributed by atoms with Gasteiger partial charge in [0.2, 0.25) is 0 Å². The van der Waals surface area contributed by atoms with Gasteiger partial charge in [-0.05, 0) is 19.4 Å². The lowest BCUT2D eigenvalue weighted by molar-refractivity contribution is -0.0469. The summed E-state index contributed by atoms with van der Waals surface area (Å²) in [5.41, 5.74) is 0. The number of ether oxygens (including phenoxy) is 1. The first-order valence-corrected chi connectivity index (χ1v) is 5.52. The summed E-state index contributed by atoms with van der Waals surface area (Å²) in [5.74, 6) is 0. The number of fused-ring (bicyclic) bond motifs is 1. The molecule has 0 aliphatic carbocycles. The van der Waals surface area contributed by atoms with Crippen LogP contribution < -0.4 is 5.32 Å². The Morgan fingerprint density at radius 2 is 2.43 bits per heavy atom. The van der Waals surface area contributed by atoms with Gasteiger partial charge in [0.05, 0.1) is 12.7 Å².